The zero-order valence-corrected chi connectivity index (χ0v) is 11.2. The summed E-state index contributed by atoms with van der Waals surface area (Å²) in [6.07, 6.45) is 3.24. The lowest BCUT2D eigenvalue weighted by Crippen LogP contribution is -2.36. The first-order valence-electron chi connectivity index (χ1n) is 6.57. The monoisotopic (exact) mass is 261 g/mol. The van der Waals surface area contributed by atoms with Crippen LogP contribution in [-0.4, -0.2) is 38.9 Å². The number of carbonyl (C=O) groups is 1. The molecule has 0 unspecified atom stereocenters. The first kappa shape index (κ1) is 13.6. The standard InChI is InChI=1S/C15H19NO3/c1-2-19-15(17)7-6-13-4-3-5-14(12-13)16-8-10-18-11-9-16/h3-7,12H,2,8-11H2,1H3. The molecule has 0 radical (unpaired) electrons. The zero-order chi connectivity index (χ0) is 13.5. The van der Waals surface area contributed by atoms with E-state index < -0.39 is 0 Å². The summed E-state index contributed by atoms with van der Waals surface area (Å²) in [5.41, 5.74) is 2.16. The minimum Gasteiger partial charge on any atom is -0.463 e. The number of benzene rings is 1. The van der Waals surface area contributed by atoms with Crippen LogP contribution in [0.1, 0.15) is 12.5 Å². The van der Waals surface area contributed by atoms with Gasteiger partial charge < -0.3 is 14.4 Å². The molecule has 19 heavy (non-hydrogen) atoms. The van der Waals surface area contributed by atoms with Gasteiger partial charge in [0.1, 0.15) is 0 Å². The molecule has 0 aromatic heterocycles. The van der Waals surface area contributed by atoms with Crippen LogP contribution in [0.5, 0.6) is 0 Å². The lowest BCUT2D eigenvalue weighted by atomic mass is 10.1. The minimum absolute atomic E-state index is 0.306. The molecule has 0 spiro atoms. The first-order chi connectivity index (χ1) is 9.29. The highest BCUT2D eigenvalue weighted by Gasteiger charge is 2.10. The van der Waals surface area contributed by atoms with Crippen LogP contribution in [0.4, 0.5) is 5.69 Å². The maximum Gasteiger partial charge on any atom is 0.330 e. The smallest absolute Gasteiger partial charge is 0.330 e. The van der Waals surface area contributed by atoms with Gasteiger partial charge in [0.25, 0.3) is 0 Å². The normalized spacial score (nSPS) is 15.7. The number of hydrogen-bond donors (Lipinski definition) is 0. The Labute approximate surface area is 113 Å². The molecule has 1 aliphatic heterocycles. The van der Waals surface area contributed by atoms with E-state index in [9.17, 15) is 4.79 Å². The van der Waals surface area contributed by atoms with Crippen LogP contribution in [0.25, 0.3) is 6.08 Å². The van der Waals surface area contributed by atoms with Gasteiger partial charge in [-0.3, -0.25) is 0 Å². The highest BCUT2D eigenvalue weighted by atomic mass is 16.5. The second-order valence-corrected chi connectivity index (χ2v) is 4.28. The average molecular weight is 261 g/mol. The zero-order valence-electron chi connectivity index (χ0n) is 11.2. The molecule has 0 atom stereocenters. The van der Waals surface area contributed by atoms with E-state index in [-0.39, 0.29) is 5.97 Å². The first-order valence-corrected chi connectivity index (χ1v) is 6.57. The summed E-state index contributed by atoms with van der Waals surface area (Å²) in [5, 5.41) is 0. The van der Waals surface area contributed by atoms with Gasteiger partial charge in [0, 0.05) is 24.9 Å². The quantitative estimate of drug-likeness (QED) is 0.614. The molecule has 4 heteroatoms. The fourth-order valence-corrected chi connectivity index (χ4v) is 2.00. The van der Waals surface area contributed by atoms with Gasteiger partial charge in [-0.15, -0.1) is 0 Å². The summed E-state index contributed by atoms with van der Waals surface area (Å²) in [7, 11) is 0. The van der Waals surface area contributed by atoms with Crippen molar-refractivity contribution in [3.8, 4) is 0 Å². The Kier molecular flexibility index (Phi) is 4.98. The molecule has 0 amide bonds. The molecule has 1 aromatic rings. The molecule has 0 N–H and O–H groups in total. The Hall–Kier alpha value is -1.81. The summed E-state index contributed by atoms with van der Waals surface area (Å²) in [4.78, 5) is 13.5. The molecule has 102 valence electrons. The van der Waals surface area contributed by atoms with E-state index in [1.807, 2.05) is 12.1 Å². The average Bonchev–Trinajstić information content (AvgIpc) is 2.47. The van der Waals surface area contributed by atoms with Crippen LogP contribution in [0, 0.1) is 0 Å². The lowest BCUT2D eigenvalue weighted by molar-refractivity contribution is -0.137. The molecule has 1 fully saturated rings. The SMILES string of the molecule is CCOC(=O)C=Cc1cccc(N2CCOCC2)c1. The van der Waals surface area contributed by atoms with E-state index in [4.69, 9.17) is 9.47 Å². The maximum atomic E-state index is 11.3. The van der Waals surface area contributed by atoms with Gasteiger partial charge >= 0.3 is 5.97 Å². The molecule has 4 nitrogen and oxygen atoms in total. The van der Waals surface area contributed by atoms with Crippen molar-refractivity contribution in [3.63, 3.8) is 0 Å². The van der Waals surface area contributed by atoms with E-state index in [0.29, 0.717) is 6.61 Å². The summed E-state index contributed by atoms with van der Waals surface area (Å²) >= 11 is 0. The van der Waals surface area contributed by atoms with Crippen LogP contribution in [-0.2, 0) is 14.3 Å². The number of carbonyl (C=O) groups excluding carboxylic acids is 1. The van der Waals surface area contributed by atoms with Crippen LogP contribution in [0.3, 0.4) is 0 Å². The minimum atomic E-state index is -0.306. The Balaban J connectivity index is 2.04. The Morgan fingerprint density at radius 3 is 2.95 bits per heavy atom. The molecular weight excluding hydrogens is 242 g/mol. The van der Waals surface area contributed by atoms with Crippen LogP contribution in [0.2, 0.25) is 0 Å². The van der Waals surface area contributed by atoms with Gasteiger partial charge in [0.05, 0.1) is 19.8 Å². The van der Waals surface area contributed by atoms with Gasteiger partial charge in [-0.25, -0.2) is 4.79 Å². The number of morpholine rings is 1. The summed E-state index contributed by atoms with van der Waals surface area (Å²) in [6.45, 7) is 5.55. The molecule has 0 bridgehead atoms. The lowest BCUT2D eigenvalue weighted by Gasteiger charge is -2.29. The second-order valence-electron chi connectivity index (χ2n) is 4.28. The molecule has 1 aromatic carbocycles. The van der Waals surface area contributed by atoms with Crippen LogP contribution in [0.15, 0.2) is 30.3 Å². The summed E-state index contributed by atoms with van der Waals surface area (Å²) in [5.74, 6) is -0.306. The molecular formula is C15H19NO3. The Bertz CT molecular complexity index is 450. The van der Waals surface area contributed by atoms with Crippen molar-refractivity contribution in [1.29, 1.82) is 0 Å². The van der Waals surface area contributed by atoms with E-state index in [0.717, 1.165) is 37.6 Å². The largest absolute Gasteiger partial charge is 0.463 e. The molecule has 1 heterocycles. The predicted molar refractivity (Wildman–Crippen MR) is 75.1 cm³/mol. The molecule has 0 aliphatic carbocycles. The number of anilines is 1. The van der Waals surface area contributed by atoms with E-state index >= 15 is 0 Å². The third kappa shape index (κ3) is 4.10. The number of esters is 1. The highest BCUT2D eigenvalue weighted by Crippen LogP contribution is 2.18. The van der Waals surface area contributed by atoms with Gasteiger partial charge in [0.15, 0.2) is 0 Å². The van der Waals surface area contributed by atoms with Crippen molar-refractivity contribution < 1.29 is 14.3 Å². The van der Waals surface area contributed by atoms with E-state index in [1.165, 1.54) is 6.08 Å². The Morgan fingerprint density at radius 1 is 1.42 bits per heavy atom. The molecule has 0 saturated carbocycles. The third-order valence-corrected chi connectivity index (χ3v) is 2.94. The van der Waals surface area contributed by atoms with E-state index in [2.05, 4.69) is 17.0 Å². The van der Waals surface area contributed by atoms with Crippen molar-refractivity contribution in [2.75, 3.05) is 37.8 Å². The molecule has 1 aliphatic rings. The van der Waals surface area contributed by atoms with Crippen molar-refractivity contribution >= 4 is 17.7 Å². The highest BCUT2D eigenvalue weighted by molar-refractivity contribution is 5.87. The fraction of sp³-hybridized carbons (Fsp3) is 0.400. The molecule has 1 saturated heterocycles. The van der Waals surface area contributed by atoms with Gasteiger partial charge in [-0.05, 0) is 30.7 Å². The van der Waals surface area contributed by atoms with Crippen molar-refractivity contribution in [2.24, 2.45) is 0 Å². The summed E-state index contributed by atoms with van der Waals surface area (Å²) in [6, 6.07) is 8.11. The van der Waals surface area contributed by atoms with Crippen molar-refractivity contribution in [1.82, 2.24) is 0 Å². The number of rotatable bonds is 4. The number of hydrogen-bond acceptors (Lipinski definition) is 4. The van der Waals surface area contributed by atoms with Crippen molar-refractivity contribution in [3.05, 3.63) is 35.9 Å². The van der Waals surface area contributed by atoms with Crippen LogP contribution >= 0.6 is 0 Å². The molecule has 2 rings (SSSR count). The number of nitrogens with zero attached hydrogens (tertiary/aromatic N) is 1. The summed E-state index contributed by atoms with van der Waals surface area (Å²) < 4.78 is 10.2. The van der Waals surface area contributed by atoms with Crippen molar-refractivity contribution in [2.45, 2.75) is 6.92 Å². The fourth-order valence-electron chi connectivity index (χ4n) is 2.00. The second kappa shape index (κ2) is 6.95. The van der Waals surface area contributed by atoms with Gasteiger partial charge in [-0.2, -0.15) is 0 Å². The predicted octanol–water partition coefficient (Wildman–Crippen LogP) is 2.10. The topological polar surface area (TPSA) is 38.8 Å². The maximum absolute atomic E-state index is 11.3. The van der Waals surface area contributed by atoms with E-state index in [1.54, 1.807) is 13.0 Å². The number of ether oxygens (including phenoxy) is 2. The van der Waals surface area contributed by atoms with Gasteiger partial charge in [0.2, 0.25) is 0 Å². The van der Waals surface area contributed by atoms with Crippen LogP contribution < -0.4 is 4.90 Å². The third-order valence-electron chi connectivity index (χ3n) is 2.94. The Morgan fingerprint density at radius 2 is 2.21 bits per heavy atom. The van der Waals surface area contributed by atoms with Gasteiger partial charge in [-0.1, -0.05) is 12.1 Å².